The molecular formula is C25H31ClN4O3S2. The highest BCUT2D eigenvalue weighted by Gasteiger charge is 2.30. The number of thiophene rings is 1. The Morgan fingerprint density at radius 3 is 2.54 bits per heavy atom. The third-order valence-corrected chi connectivity index (χ3v) is 10.5. The van der Waals surface area contributed by atoms with E-state index in [-0.39, 0.29) is 11.7 Å². The number of halogens is 1. The van der Waals surface area contributed by atoms with Crippen LogP contribution in [0.1, 0.15) is 53.9 Å². The fraction of sp³-hybridized carbons (Fsp3) is 0.480. The molecule has 2 aliphatic heterocycles. The summed E-state index contributed by atoms with van der Waals surface area (Å²) in [6.07, 6.45) is 6.58. The van der Waals surface area contributed by atoms with Gasteiger partial charge in [-0.1, -0.05) is 11.6 Å². The van der Waals surface area contributed by atoms with Crippen LogP contribution >= 0.6 is 22.9 Å². The van der Waals surface area contributed by atoms with Crippen molar-refractivity contribution in [3.8, 4) is 10.4 Å². The van der Waals surface area contributed by atoms with Crippen LogP contribution in [0.25, 0.3) is 21.3 Å². The van der Waals surface area contributed by atoms with Crippen LogP contribution in [0, 0.1) is 0 Å². The molecule has 4 heterocycles. The number of carbonyl (C=O) groups excluding carboxylic acids is 1. The summed E-state index contributed by atoms with van der Waals surface area (Å²) >= 11 is 7.60. The molecule has 5 rings (SSSR count). The fourth-order valence-electron chi connectivity index (χ4n) is 5.45. The minimum atomic E-state index is -3.24. The number of likely N-dealkylation sites (tertiary alicyclic amines) is 1. The van der Waals surface area contributed by atoms with E-state index in [0.717, 1.165) is 59.4 Å². The first kappa shape index (κ1) is 24.8. The fourth-order valence-corrected chi connectivity index (χ4v) is 8.00. The van der Waals surface area contributed by atoms with Gasteiger partial charge in [0.1, 0.15) is 0 Å². The first-order valence-corrected chi connectivity index (χ1v) is 15.0. The largest absolute Gasteiger partial charge is 0.366 e. The molecule has 0 aliphatic carbocycles. The quantitative estimate of drug-likeness (QED) is 0.439. The third-order valence-electron chi connectivity index (χ3n) is 7.31. The van der Waals surface area contributed by atoms with Gasteiger partial charge in [0.2, 0.25) is 10.0 Å². The Bertz CT molecular complexity index is 1320. The minimum absolute atomic E-state index is 0.211. The Morgan fingerprint density at radius 1 is 1.14 bits per heavy atom. The maximum Gasteiger partial charge on any atom is 0.250 e. The number of nitrogens with one attached hydrogen (secondary N) is 1. The number of carbonyl (C=O) groups is 1. The van der Waals surface area contributed by atoms with Gasteiger partial charge in [0, 0.05) is 29.5 Å². The zero-order valence-electron chi connectivity index (χ0n) is 19.6. The summed E-state index contributed by atoms with van der Waals surface area (Å²) in [6.45, 7) is 4.09. The number of piperidine rings is 1. The predicted molar refractivity (Wildman–Crippen MR) is 143 cm³/mol. The number of aromatic nitrogens is 1. The van der Waals surface area contributed by atoms with Gasteiger partial charge < -0.3 is 15.6 Å². The number of amides is 1. The lowest BCUT2D eigenvalue weighted by Crippen LogP contribution is -2.39. The summed E-state index contributed by atoms with van der Waals surface area (Å²) in [6, 6.07) is 7.68. The Morgan fingerprint density at radius 2 is 1.89 bits per heavy atom. The number of hydrogen-bond donors (Lipinski definition) is 2. The Hall–Kier alpha value is -1.91. The number of rotatable bonds is 8. The summed E-state index contributed by atoms with van der Waals surface area (Å²) in [5.74, 6) is -0.0545. The molecule has 3 aromatic rings. The standard InChI is InChI=1S/C25H31ClN4O3S2/c26-23-5-4-22(34-23)18-14-19-21(16-28-24(19)20(15-18)25(27)31)17-6-11-30(12-7-17)35(32,33)13-3-10-29-8-1-2-9-29/h4-5,14-17,28H,1-3,6-13H2,(H2,27,31). The number of aromatic amines is 1. The average molecular weight is 535 g/mol. The number of nitrogens with zero attached hydrogens (tertiary/aromatic N) is 2. The third kappa shape index (κ3) is 5.29. The second-order valence-corrected chi connectivity index (χ2v) is 13.4. The van der Waals surface area contributed by atoms with Crippen LogP contribution in [0.2, 0.25) is 4.34 Å². The van der Waals surface area contributed by atoms with E-state index in [4.69, 9.17) is 17.3 Å². The number of sulfonamides is 1. The van der Waals surface area contributed by atoms with Crippen molar-refractivity contribution in [3.05, 3.63) is 45.9 Å². The van der Waals surface area contributed by atoms with E-state index in [1.807, 2.05) is 24.4 Å². The van der Waals surface area contributed by atoms with E-state index < -0.39 is 15.9 Å². The number of fused-ring (bicyclic) bond motifs is 1. The molecular weight excluding hydrogens is 504 g/mol. The van der Waals surface area contributed by atoms with Gasteiger partial charge in [-0.25, -0.2) is 12.7 Å². The summed E-state index contributed by atoms with van der Waals surface area (Å²) in [5.41, 5.74) is 8.90. The van der Waals surface area contributed by atoms with E-state index in [1.54, 1.807) is 4.31 Å². The van der Waals surface area contributed by atoms with Gasteiger partial charge in [0.25, 0.3) is 5.91 Å². The smallest absolute Gasteiger partial charge is 0.250 e. The molecule has 3 N–H and O–H groups in total. The van der Waals surface area contributed by atoms with Crippen LogP contribution in [0.5, 0.6) is 0 Å². The van der Waals surface area contributed by atoms with Gasteiger partial charge in [-0.05, 0) is 93.0 Å². The SMILES string of the molecule is NC(=O)c1cc(-c2ccc(Cl)s2)cc2c(C3CCN(S(=O)(=O)CCCN4CCCC4)CC3)c[nH]c12. The van der Waals surface area contributed by atoms with Crippen LogP contribution in [-0.4, -0.2) is 67.0 Å². The molecule has 188 valence electrons. The summed E-state index contributed by atoms with van der Waals surface area (Å²) < 4.78 is 28.2. The second-order valence-electron chi connectivity index (χ2n) is 9.55. The number of nitrogens with two attached hydrogens (primary N) is 1. The van der Waals surface area contributed by atoms with Crippen LogP contribution in [0.4, 0.5) is 0 Å². The Balaban J connectivity index is 1.31. The molecule has 2 saturated heterocycles. The number of primary amides is 1. The first-order valence-electron chi connectivity index (χ1n) is 12.2. The van der Waals surface area contributed by atoms with Crippen molar-refractivity contribution in [3.63, 3.8) is 0 Å². The van der Waals surface area contributed by atoms with Crippen molar-refractivity contribution in [2.24, 2.45) is 5.73 Å². The summed E-state index contributed by atoms with van der Waals surface area (Å²) in [4.78, 5) is 18.8. The summed E-state index contributed by atoms with van der Waals surface area (Å²) in [5, 5.41) is 0.966. The zero-order valence-corrected chi connectivity index (χ0v) is 22.0. The highest BCUT2D eigenvalue weighted by molar-refractivity contribution is 7.89. The minimum Gasteiger partial charge on any atom is -0.366 e. The highest BCUT2D eigenvalue weighted by Crippen LogP contribution is 2.39. The zero-order chi connectivity index (χ0) is 24.6. The number of benzene rings is 1. The highest BCUT2D eigenvalue weighted by atomic mass is 35.5. The predicted octanol–water partition coefficient (Wildman–Crippen LogP) is 4.64. The molecule has 0 saturated carbocycles. The van der Waals surface area contributed by atoms with Crippen molar-refractivity contribution in [2.75, 3.05) is 38.5 Å². The van der Waals surface area contributed by atoms with Crippen molar-refractivity contribution in [1.82, 2.24) is 14.2 Å². The molecule has 1 amide bonds. The first-order chi connectivity index (χ1) is 16.8. The van der Waals surface area contributed by atoms with Crippen LogP contribution in [0.15, 0.2) is 30.5 Å². The lowest BCUT2D eigenvalue weighted by Gasteiger charge is -2.31. The van der Waals surface area contributed by atoms with Crippen molar-refractivity contribution >= 4 is 49.8 Å². The monoisotopic (exact) mass is 534 g/mol. The van der Waals surface area contributed by atoms with Crippen LogP contribution in [0.3, 0.4) is 0 Å². The molecule has 0 atom stereocenters. The van der Waals surface area contributed by atoms with Gasteiger partial charge in [-0.15, -0.1) is 11.3 Å². The van der Waals surface area contributed by atoms with Crippen molar-refractivity contribution < 1.29 is 13.2 Å². The Kier molecular flexibility index (Phi) is 7.23. The number of H-pyrrole nitrogens is 1. The van der Waals surface area contributed by atoms with Gasteiger partial charge in [-0.3, -0.25) is 4.79 Å². The molecule has 0 unspecified atom stereocenters. The molecule has 2 aliphatic rings. The van der Waals surface area contributed by atoms with E-state index in [9.17, 15) is 13.2 Å². The maximum atomic E-state index is 12.9. The van der Waals surface area contributed by atoms with Crippen molar-refractivity contribution in [1.29, 1.82) is 0 Å². The normalized spacial score (nSPS) is 18.5. The van der Waals surface area contributed by atoms with Crippen LogP contribution in [-0.2, 0) is 10.0 Å². The second kappa shape index (κ2) is 10.2. The van der Waals surface area contributed by atoms with E-state index in [0.29, 0.717) is 29.4 Å². The molecule has 0 radical (unpaired) electrons. The molecule has 0 spiro atoms. The molecule has 2 aromatic heterocycles. The van der Waals surface area contributed by atoms with Crippen LogP contribution < -0.4 is 5.73 Å². The maximum absolute atomic E-state index is 12.9. The van der Waals surface area contributed by atoms with E-state index in [1.165, 1.54) is 24.2 Å². The van der Waals surface area contributed by atoms with Gasteiger partial charge in [0.15, 0.2) is 0 Å². The van der Waals surface area contributed by atoms with E-state index >= 15 is 0 Å². The van der Waals surface area contributed by atoms with Crippen molar-refractivity contribution in [2.45, 2.75) is 38.0 Å². The molecule has 1 aromatic carbocycles. The molecule has 10 heteroatoms. The molecule has 35 heavy (non-hydrogen) atoms. The molecule has 0 bridgehead atoms. The van der Waals surface area contributed by atoms with Gasteiger partial charge in [0.05, 0.1) is 21.2 Å². The molecule has 2 fully saturated rings. The summed E-state index contributed by atoms with van der Waals surface area (Å²) in [7, 11) is -3.24. The average Bonchev–Trinajstić information content (AvgIpc) is 3.59. The topological polar surface area (TPSA) is 99.5 Å². The lowest BCUT2D eigenvalue weighted by atomic mass is 9.89. The van der Waals surface area contributed by atoms with Gasteiger partial charge >= 0.3 is 0 Å². The lowest BCUT2D eigenvalue weighted by molar-refractivity contribution is 0.100. The van der Waals surface area contributed by atoms with Gasteiger partial charge in [-0.2, -0.15) is 0 Å². The molecule has 7 nitrogen and oxygen atoms in total. The van der Waals surface area contributed by atoms with E-state index in [2.05, 4.69) is 16.0 Å². The Labute approximate surface area is 215 Å². The number of hydrogen-bond acceptors (Lipinski definition) is 5.